The SMILES string of the molecule is Cn1nc(C(F)(F)F)cc1C(F)(F)CCN. The monoisotopic (exact) mass is 243 g/mol. The Morgan fingerprint density at radius 3 is 2.25 bits per heavy atom. The summed E-state index contributed by atoms with van der Waals surface area (Å²) in [6.07, 6.45) is -5.45. The predicted molar refractivity (Wildman–Crippen MR) is 45.8 cm³/mol. The smallest absolute Gasteiger partial charge is 0.330 e. The Morgan fingerprint density at radius 2 is 1.88 bits per heavy atom. The molecule has 1 heterocycles. The standard InChI is InChI=1S/C8H10F5N3/c1-16-6(7(9,10)2-3-14)4-5(15-16)8(11,12)13/h4H,2-3,14H2,1H3. The van der Waals surface area contributed by atoms with Crippen molar-refractivity contribution in [1.29, 1.82) is 0 Å². The Hall–Kier alpha value is -1.18. The molecule has 0 bridgehead atoms. The first-order valence-electron chi connectivity index (χ1n) is 4.38. The van der Waals surface area contributed by atoms with Crippen LogP contribution in [0.15, 0.2) is 6.07 Å². The van der Waals surface area contributed by atoms with Gasteiger partial charge in [0.05, 0.1) is 0 Å². The van der Waals surface area contributed by atoms with Gasteiger partial charge in [-0.1, -0.05) is 0 Å². The average Bonchev–Trinajstić information content (AvgIpc) is 2.46. The summed E-state index contributed by atoms with van der Waals surface area (Å²) in [5, 5.41) is 3.00. The molecule has 1 aromatic rings. The molecule has 92 valence electrons. The fourth-order valence-corrected chi connectivity index (χ4v) is 1.26. The van der Waals surface area contributed by atoms with Gasteiger partial charge in [0.1, 0.15) is 5.69 Å². The van der Waals surface area contributed by atoms with Crippen LogP contribution in [0.5, 0.6) is 0 Å². The van der Waals surface area contributed by atoms with Crippen molar-refractivity contribution in [3.05, 3.63) is 17.5 Å². The first-order chi connectivity index (χ1) is 7.18. The highest BCUT2D eigenvalue weighted by Crippen LogP contribution is 2.35. The molecule has 2 N–H and O–H groups in total. The molecule has 0 aliphatic rings. The average molecular weight is 243 g/mol. The number of aromatic nitrogens is 2. The molecule has 0 radical (unpaired) electrons. The highest BCUT2D eigenvalue weighted by atomic mass is 19.4. The van der Waals surface area contributed by atoms with Crippen LogP contribution >= 0.6 is 0 Å². The van der Waals surface area contributed by atoms with E-state index in [1.165, 1.54) is 0 Å². The van der Waals surface area contributed by atoms with Crippen LogP contribution < -0.4 is 5.73 Å². The molecule has 16 heavy (non-hydrogen) atoms. The van der Waals surface area contributed by atoms with Gasteiger partial charge in [0, 0.05) is 13.5 Å². The van der Waals surface area contributed by atoms with Crippen LogP contribution in [0.4, 0.5) is 22.0 Å². The second kappa shape index (κ2) is 4.00. The van der Waals surface area contributed by atoms with Crippen molar-refractivity contribution in [3.63, 3.8) is 0 Å². The van der Waals surface area contributed by atoms with Crippen molar-refractivity contribution in [1.82, 2.24) is 9.78 Å². The van der Waals surface area contributed by atoms with Crippen LogP contribution in [0.2, 0.25) is 0 Å². The third-order valence-electron chi connectivity index (χ3n) is 2.00. The Balaban J connectivity index is 3.12. The fraction of sp³-hybridized carbons (Fsp3) is 0.625. The van der Waals surface area contributed by atoms with Crippen molar-refractivity contribution in [2.45, 2.75) is 18.5 Å². The zero-order chi connectivity index (χ0) is 12.6. The lowest BCUT2D eigenvalue weighted by Crippen LogP contribution is -2.21. The molecule has 8 heteroatoms. The molecule has 0 aromatic carbocycles. The largest absolute Gasteiger partial charge is 0.435 e. The summed E-state index contributed by atoms with van der Waals surface area (Å²) in [7, 11) is 1.04. The van der Waals surface area contributed by atoms with E-state index in [1.54, 1.807) is 0 Å². The van der Waals surface area contributed by atoms with Crippen LogP contribution in [-0.2, 0) is 19.1 Å². The summed E-state index contributed by atoms with van der Waals surface area (Å²) in [5.74, 6) is -3.40. The van der Waals surface area contributed by atoms with E-state index in [9.17, 15) is 22.0 Å². The third-order valence-corrected chi connectivity index (χ3v) is 2.00. The molecular weight excluding hydrogens is 233 g/mol. The molecule has 0 amide bonds. The molecule has 0 saturated carbocycles. The molecule has 0 spiro atoms. The molecule has 0 unspecified atom stereocenters. The minimum Gasteiger partial charge on any atom is -0.330 e. The normalized spacial score (nSPS) is 13.2. The van der Waals surface area contributed by atoms with Gasteiger partial charge in [-0.3, -0.25) is 4.68 Å². The summed E-state index contributed by atoms with van der Waals surface area (Å²) < 4.78 is 63.8. The molecule has 0 fully saturated rings. The van der Waals surface area contributed by atoms with Gasteiger partial charge in [0.2, 0.25) is 0 Å². The molecule has 0 saturated heterocycles. The second-order valence-corrected chi connectivity index (χ2v) is 3.28. The fourth-order valence-electron chi connectivity index (χ4n) is 1.26. The van der Waals surface area contributed by atoms with Gasteiger partial charge in [-0.25, -0.2) is 0 Å². The van der Waals surface area contributed by atoms with Gasteiger partial charge in [-0.15, -0.1) is 0 Å². The molecule has 0 aliphatic carbocycles. The summed E-state index contributed by atoms with van der Waals surface area (Å²) >= 11 is 0. The van der Waals surface area contributed by atoms with E-state index in [2.05, 4.69) is 5.10 Å². The van der Waals surface area contributed by atoms with Crippen LogP contribution in [0, 0.1) is 0 Å². The van der Waals surface area contributed by atoms with Crippen LogP contribution in [0.3, 0.4) is 0 Å². The molecular formula is C8H10F5N3. The topological polar surface area (TPSA) is 43.8 Å². The zero-order valence-electron chi connectivity index (χ0n) is 8.35. The molecule has 1 rings (SSSR count). The Labute approximate surface area is 88.0 Å². The van der Waals surface area contributed by atoms with Crippen LogP contribution in [0.25, 0.3) is 0 Å². The Bertz CT molecular complexity index is 368. The highest BCUT2D eigenvalue weighted by Gasteiger charge is 2.40. The minimum atomic E-state index is -4.73. The Morgan fingerprint density at radius 1 is 1.31 bits per heavy atom. The van der Waals surface area contributed by atoms with E-state index < -0.39 is 29.9 Å². The number of halogens is 5. The number of hydrogen-bond acceptors (Lipinski definition) is 2. The number of rotatable bonds is 3. The van der Waals surface area contributed by atoms with E-state index in [1.807, 2.05) is 0 Å². The summed E-state index contributed by atoms with van der Waals surface area (Å²) in [6, 6.07) is 0.343. The predicted octanol–water partition coefficient (Wildman–Crippen LogP) is 1.88. The van der Waals surface area contributed by atoms with Gasteiger partial charge < -0.3 is 5.73 Å². The number of alkyl halides is 5. The lowest BCUT2D eigenvalue weighted by atomic mass is 10.1. The molecule has 0 atom stereocenters. The van der Waals surface area contributed by atoms with Gasteiger partial charge in [-0.2, -0.15) is 27.1 Å². The molecule has 3 nitrogen and oxygen atoms in total. The van der Waals surface area contributed by atoms with Crippen molar-refractivity contribution in [2.75, 3.05) is 6.54 Å². The van der Waals surface area contributed by atoms with Crippen molar-refractivity contribution in [2.24, 2.45) is 12.8 Å². The third kappa shape index (κ3) is 2.49. The van der Waals surface area contributed by atoms with Gasteiger partial charge >= 0.3 is 6.18 Å². The first-order valence-corrected chi connectivity index (χ1v) is 4.38. The first kappa shape index (κ1) is 12.9. The number of nitrogens with zero attached hydrogens (tertiary/aromatic N) is 2. The quantitative estimate of drug-likeness (QED) is 0.824. The number of hydrogen-bond donors (Lipinski definition) is 1. The lowest BCUT2D eigenvalue weighted by molar-refractivity contribution is -0.141. The summed E-state index contributed by atoms with van der Waals surface area (Å²) in [5.41, 5.74) is 2.84. The van der Waals surface area contributed by atoms with E-state index >= 15 is 0 Å². The van der Waals surface area contributed by atoms with Crippen LogP contribution in [0.1, 0.15) is 17.8 Å². The van der Waals surface area contributed by atoms with Gasteiger partial charge in [0.25, 0.3) is 5.92 Å². The zero-order valence-corrected chi connectivity index (χ0v) is 8.35. The van der Waals surface area contributed by atoms with E-state index in [4.69, 9.17) is 5.73 Å². The molecule has 1 aromatic heterocycles. The van der Waals surface area contributed by atoms with E-state index in [0.717, 1.165) is 7.05 Å². The number of aryl methyl sites for hydroxylation is 1. The van der Waals surface area contributed by atoms with Gasteiger partial charge in [0.15, 0.2) is 5.69 Å². The maximum atomic E-state index is 13.3. The maximum Gasteiger partial charge on any atom is 0.435 e. The van der Waals surface area contributed by atoms with E-state index in [0.29, 0.717) is 10.7 Å². The van der Waals surface area contributed by atoms with Crippen molar-refractivity contribution in [3.8, 4) is 0 Å². The summed E-state index contributed by atoms with van der Waals surface area (Å²) in [4.78, 5) is 0. The summed E-state index contributed by atoms with van der Waals surface area (Å²) in [6.45, 7) is -0.320. The molecule has 0 aliphatic heterocycles. The Kier molecular flexibility index (Phi) is 3.22. The number of nitrogens with two attached hydrogens (primary N) is 1. The van der Waals surface area contributed by atoms with E-state index in [-0.39, 0.29) is 6.54 Å². The van der Waals surface area contributed by atoms with Gasteiger partial charge in [-0.05, 0) is 12.6 Å². The maximum absolute atomic E-state index is 13.3. The van der Waals surface area contributed by atoms with Crippen molar-refractivity contribution >= 4 is 0 Å². The highest BCUT2D eigenvalue weighted by molar-refractivity contribution is 5.17. The lowest BCUT2D eigenvalue weighted by Gasteiger charge is -2.14. The minimum absolute atomic E-state index is 0.320. The van der Waals surface area contributed by atoms with Crippen molar-refractivity contribution < 1.29 is 22.0 Å². The second-order valence-electron chi connectivity index (χ2n) is 3.28. The van der Waals surface area contributed by atoms with Crippen LogP contribution in [-0.4, -0.2) is 16.3 Å².